The number of hydrogen-bond donors (Lipinski definition) is 2. The lowest BCUT2D eigenvalue weighted by atomic mass is 10.1. The van der Waals surface area contributed by atoms with Crippen LogP contribution in [0.5, 0.6) is 11.5 Å². The van der Waals surface area contributed by atoms with Crippen LogP contribution in [0.25, 0.3) is 0 Å². The number of carbonyl (C=O) groups excluding carboxylic acids is 1. The molecule has 1 amide bonds. The van der Waals surface area contributed by atoms with E-state index in [9.17, 15) is 4.79 Å². The Labute approximate surface area is 158 Å². The Morgan fingerprint density at radius 3 is 2.64 bits per heavy atom. The average molecular weight is 385 g/mol. The molecular weight excluding hydrogens is 363 g/mol. The summed E-state index contributed by atoms with van der Waals surface area (Å²) in [7, 11) is 1.47. The Morgan fingerprint density at radius 2 is 2.00 bits per heavy atom. The summed E-state index contributed by atoms with van der Waals surface area (Å²) in [5.74, 6) is 1.14. The number of halogens is 2. The van der Waals surface area contributed by atoms with Crippen LogP contribution in [-0.2, 0) is 0 Å². The molecule has 0 aromatic heterocycles. The largest absolute Gasteiger partial charge is 0.496 e. The van der Waals surface area contributed by atoms with E-state index in [0.717, 1.165) is 0 Å². The van der Waals surface area contributed by atoms with Crippen LogP contribution in [0.15, 0.2) is 36.4 Å². The van der Waals surface area contributed by atoms with Gasteiger partial charge in [0, 0.05) is 17.8 Å². The van der Waals surface area contributed by atoms with E-state index in [-0.39, 0.29) is 18.3 Å². The number of carbonyl (C=O) groups is 1. The number of benzene rings is 2. The Morgan fingerprint density at radius 1 is 1.28 bits per heavy atom. The standard InChI is InChI=1S/C18H21ClN2O3.ClH/c1-11(2)10-24-13-6-4-5-12(7-13)21-18(22)14-8-15(19)16(20)9-17(14)23-3;/h4-9,11H,10,20H2,1-3H3,(H,21,22);1H. The minimum atomic E-state index is -0.338. The van der Waals surface area contributed by atoms with Gasteiger partial charge in [-0.05, 0) is 24.1 Å². The fourth-order valence-electron chi connectivity index (χ4n) is 2.04. The van der Waals surface area contributed by atoms with Gasteiger partial charge in [-0.25, -0.2) is 0 Å². The first-order valence-corrected chi connectivity index (χ1v) is 7.95. The number of anilines is 2. The number of methoxy groups -OCH3 is 1. The van der Waals surface area contributed by atoms with Gasteiger partial charge < -0.3 is 20.5 Å². The van der Waals surface area contributed by atoms with Gasteiger partial charge in [-0.15, -0.1) is 12.4 Å². The molecule has 0 saturated heterocycles. The third-order valence-corrected chi connectivity index (χ3v) is 3.57. The van der Waals surface area contributed by atoms with Gasteiger partial charge in [0.25, 0.3) is 5.91 Å². The number of hydrogen-bond acceptors (Lipinski definition) is 4. The number of nitrogens with two attached hydrogens (primary N) is 1. The second-order valence-electron chi connectivity index (χ2n) is 5.76. The van der Waals surface area contributed by atoms with Crippen molar-refractivity contribution < 1.29 is 14.3 Å². The molecule has 0 spiro atoms. The molecule has 0 bridgehead atoms. The minimum absolute atomic E-state index is 0. The number of ether oxygens (including phenoxy) is 2. The summed E-state index contributed by atoms with van der Waals surface area (Å²) in [5.41, 5.74) is 7.02. The highest BCUT2D eigenvalue weighted by Crippen LogP contribution is 2.29. The van der Waals surface area contributed by atoms with Crippen LogP contribution in [0.2, 0.25) is 5.02 Å². The first kappa shape index (κ1) is 20.9. The molecule has 2 aromatic rings. The molecule has 0 aliphatic rings. The number of amides is 1. The summed E-state index contributed by atoms with van der Waals surface area (Å²) >= 11 is 6.01. The Balaban J connectivity index is 0.00000312. The maximum Gasteiger partial charge on any atom is 0.259 e. The van der Waals surface area contributed by atoms with E-state index in [4.69, 9.17) is 26.8 Å². The quantitative estimate of drug-likeness (QED) is 0.711. The lowest BCUT2D eigenvalue weighted by Gasteiger charge is -2.13. The predicted octanol–water partition coefficient (Wildman–Crippen LogP) is 4.64. The van der Waals surface area contributed by atoms with Gasteiger partial charge in [0.1, 0.15) is 11.5 Å². The lowest BCUT2D eigenvalue weighted by molar-refractivity contribution is 0.102. The molecule has 0 atom stereocenters. The minimum Gasteiger partial charge on any atom is -0.496 e. The zero-order valence-electron chi connectivity index (χ0n) is 14.3. The van der Waals surface area contributed by atoms with Crippen LogP contribution >= 0.6 is 24.0 Å². The van der Waals surface area contributed by atoms with Crippen molar-refractivity contribution >= 4 is 41.3 Å². The van der Waals surface area contributed by atoms with Gasteiger partial charge >= 0.3 is 0 Å². The predicted molar refractivity (Wildman–Crippen MR) is 104 cm³/mol. The molecule has 25 heavy (non-hydrogen) atoms. The molecule has 0 fully saturated rings. The fraction of sp³-hybridized carbons (Fsp3) is 0.278. The maximum atomic E-state index is 12.5. The van der Waals surface area contributed by atoms with Crippen molar-refractivity contribution in [2.24, 2.45) is 5.92 Å². The molecule has 2 rings (SSSR count). The topological polar surface area (TPSA) is 73.6 Å². The number of rotatable bonds is 6. The van der Waals surface area contributed by atoms with Crippen molar-refractivity contribution in [1.29, 1.82) is 0 Å². The molecule has 0 aliphatic carbocycles. The third kappa shape index (κ3) is 5.73. The van der Waals surface area contributed by atoms with Crippen molar-refractivity contribution in [3.05, 3.63) is 47.0 Å². The van der Waals surface area contributed by atoms with Crippen molar-refractivity contribution in [2.45, 2.75) is 13.8 Å². The highest BCUT2D eigenvalue weighted by Gasteiger charge is 2.15. The third-order valence-electron chi connectivity index (χ3n) is 3.24. The second kappa shape index (κ2) is 9.39. The van der Waals surface area contributed by atoms with Crippen LogP contribution < -0.4 is 20.5 Å². The van der Waals surface area contributed by atoms with Gasteiger partial charge in [-0.3, -0.25) is 4.79 Å². The average Bonchev–Trinajstić information content (AvgIpc) is 2.55. The van der Waals surface area contributed by atoms with Crippen molar-refractivity contribution in [2.75, 3.05) is 24.8 Å². The summed E-state index contributed by atoms with van der Waals surface area (Å²) in [5, 5.41) is 3.11. The van der Waals surface area contributed by atoms with Gasteiger partial charge in [0.2, 0.25) is 0 Å². The molecular formula is C18H22Cl2N2O3. The van der Waals surface area contributed by atoms with Crippen molar-refractivity contribution in [3.63, 3.8) is 0 Å². The molecule has 2 aromatic carbocycles. The Hall–Kier alpha value is -2.11. The van der Waals surface area contributed by atoms with Crippen molar-refractivity contribution in [3.8, 4) is 11.5 Å². The van der Waals surface area contributed by atoms with Gasteiger partial charge in [0.15, 0.2) is 0 Å². The van der Waals surface area contributed by atoms with Crippen LogP contribution in [0, 0.1) is 5.92 Å². The molecule has 0 heterocycles. The SMILES string of the molecule is COc1cc(N)c(Cl)cc1C(=O)Nc1cccc(OCC(C)C)c1.Cl. The van der Waals surface area contributed by atoms with Crippen LogP contribution in [0.4, 0.5) is 11.4 Å². The summed E-state index contributed by atoms with van der Waals surface area (Å²) in [6, 6.07) is 10.2. The molecule has 0 saturated carbocycles. The van der Waals surface area contributed by atoms with Gasteiger partial charge in [-0.2, -0.15) is 0 Å². The number of nitrogen functional groups attached to an aromatic ring is 1. The summed E-state index contributed by atoms with van der Waals surface area (Å²) in [4.78, 5) is 12.5. The zero-order chi connectivity index (χ0) is 17.7. The molecule has 7 heteroatoms. The summed E-state index contributed by atoms with van der Waals surface area (Å²) in [6.45, 7) is 4.75. The lowest BCUT2D eigenvalue weighted by Crippen LogP contribution is -2.14. The summed E-state index contributed by atoms with van der Waals surface area (Å²) in [6.07, 6.45) is 0. The van der Waals surface area contributed by atoms with E-state index in [2.05, 4.69) is 19.2 Å². The molecule has 136 valence electrons. The molecule has 0 radical (unpaired) electrons. The van der Waals surface area contributed by atoms with E-state index in [0.29, 0.717) is 46.0 Å². The first-order valence-electron chi connectivity index (χ1n) is 7.58. The molecule has 5 nitrogen and oxygen atoms in total. The van der Waals surface area contributed by atoms with Gasteiger partial charge in [0.05, 0.1) is 30.0 Å². The monoisotopic (exact) mass is 384 g/mol. The Bertz CT molecular complexity index is 736. The zero-order valence-corrected chi connectivity index (χ0v) is 15.9. The smallest absolute Gasteiger partial charge is 0.259 e. The summed E-state index contributed by atoms with van der Waals surface area (Å²) < 4.78 is 10.9. The van der Waals surface area contributed by atoms with Crippen LogP contribution in [0.3, 0.4) is 0 Å². The van der Waals surface area contributed by atoms with E-state index < -0.39 is 0 Å². The van der Waals surface area contributed by atoms with Crippen LogP contribution in [-0.4, -0.2) is 19.6 Å². The second-order valence-corrected chi connectivity index (χ2v) is 6.17. The van der Waals surface area contributed by atoms with Gasteiger partial charge in [-0.1, -0.05) is 31.5 Å². The van der Waals surface area contributed by atoms with E-state index >= 15 is 0 Å². The number of nitrogens with one attached hydrogen (secondary N) is 1. The normalized spacial score (nSPS) is 10.1. The van der Waals surface area contributed by atoms with E-state index in [1.54, 1.807) is 12.1 Å². The van der Waals surface area contributed by atoms with Crippen molar-refractivity contribution in [1.82, 2.24) is 0 Å². The molecule has 3 N–H and O–H groups in total. The fourth-order valence-corrected chi connectivity index (χ4v) is 2.20. The Kier molecular flexibility index (Phi) is 7.87. The van der Waals surface area contributed by atoms with Crippen LogP contribution in [0.1, 0.15) is 24.2 Å². The highest BCUT2D eigenvalue weighted by atomic mass is 35.5. The highest BCUT2D eigenvalue weighted by molar-refractivity contribution is 6.33. The molecule has 0 unspecified atom stereocenters. The van der Waals surface area contributed by atoms with E-state index in [1.807, 2.05) is 12.1 Å². The maximum absolute atomic E-state index is 12.5. The molecule has 0 aliphatic heterocycles. The first-order chi connectivity index (χ1) is 11.4. The van der Waals surface area contributed by atoms with E-state index in [1.165, 1.54) is 19.2 Å².